The van der Waals surface area contributed by atoms with Crippen molar-refractivity contribution < 1.29 is 14.3 Å². The molecule has 2 aromatic carbocycles. The summed E-state index contributed by atoms with van der Waals surface area (Å²) in [4.78, 5) is 15.1. The molecule has 1 fully saturated rings. The predicted octanol–water partition coefficient (Wildman–Crippen LogP) is 4.48. The molecule has 1 amide bonds. The van der Waals surface area contributed by atoms with Crippen molar-refractivity contribution in [1.29, 1.82) is 0 Å². The fourth-order valence-corrected chi connectivity index (χ4v) is 4.10. The molecule has 1 saturated heterocycles. The van der Waals surface area contributed by atoms with E-state index in [1.165, 1.54) is 0 Å². The number of likely N-dealkylation sites (tertiary alicyclic amines) is 1. The van der Waals surface area contributed by atoms with Gasteiger partial charge in [0.05, 0.1) is 11.7 Å². The lowest BCUT2D eigenvalue weighted by Crippen LogP contribution is -2.31. The molecule has 3 aromatic rings. The SMILES string of the molecule is O=C(c1cc(-c2ccc(Cl)cc2)n[nH]1)N1CCC[C@@H]1c1ccc2c(c1)OCCO2. The normalized spacial score (nSPS) is 18.1. The monoisotopic (exact) mass is 409 g/mol. The molecule has 2 aliphatic rings. The minimum absolute atomic E-state index is 0.0145. The quantitative estimate of drug-likeness (QED) is 0.692. The van der Waals surface area contributed by atoms with Gasteiger partial charge in [-0.3, -0.25) is 9.89 Å². The molecule has 6 nitrogen and oxygen atoms in total. The van der Waals surface area contributed by atoms with Crippen LogP contribution in [0.5, 0.6) is 11.5 Å². The maximum Gasteiger partial charge on any atom is 0.272 e. The molecular weight excluding hydrogens is 390 g/mol. The van der Waals surface area contributed by atoms with Gasteiger partial charge in [0, 0.05) is 17.1 Å². The molecule has 1 N–H and O–H groups in total. The van der Waals surface area contributed by atoms with Crippen LogP contribution in [-0.2, 0) is 0 Å². The number of H-pyrrole nitrogens is 1. The van der Waals surface area contributed by atoms with Gasteiger partial charge in [-0.1, -0.05) is 29.8 Å². The number of aromatic amines is 1. The van der Waals surface area contributed by atoms with Gasteiger partial charge in [0.25, 0.3) is 5.91 Å². The van der Waals surface area contributed by atoms with Gasteiger partial charge in [-0.2, -0.15) is 5.10 Å². The Morgan fingerprint density at radius 3 is 2.69 bits per heavy atom. The molecule has 0 bridgehead atoms. The van der Waals surface area contributed by atoms with Crippen molar-refractivity contribution in [3.8, 4) is 22.8 Å². The van der Waals surface area contributed by atoms with Gasteiger partial charge in [0.15, 0.2) is 11.5 Å². The lowest BCUT2D eigenvalue weighted by molar-refractivity contribution is 0.0729. The number of nitrogens with zero attached hydrogens (tertiary/aromatic N) is 2. The first-order valence-electron chi connectivity index (χ1n) is 9.71. The second kappa shape index (κ2) is 7.44. The van der Waals surface area contributed by atoms with Crippen LogP contribution < -0.4 is 9.47 Å². The van der Waals surface area contributed by atoms with Crippen molar-refractivity contribution in [3.63, 3.8) is 0 Å². The number of amides is 1. The molecule has 0 saturated carbocycles. The number of nitrogens with one attached hydrogen (secondary N) is 1. The van der Waals surface area contributed by atoms with Crippen LogP contribution in [0.1, 0.15) is 34.9 Å². The average Bonchev–Trinajstić information content (AvgIpc) is 3.44. The topological polar surface area (TPSA) is 67.5 Å². The number of hydrogen-bond donors (Lipinski definition) is 1. The van der Waals surface area contributed by atoms with Crippen LogP contribution >= 0.6 is 11.6 Å². The smallest absolute Gasteiger partial charge is 0.272 e. The molecule has 1 atom stereocenters. The van der Waals surface area contributed by atoms with Crippen LogP contribution in [-0.4, -0.2) is 40.8 Å². The van der Waals surface area contributed by atoms with Crippen LogP contribution in [0.3, 0.4) is 0 Å². The summed E-state index contributed by atoms with van der Waals surface area (Å²) in [6, 6.07) is 15.2. The van der Waals surface area contributed by atoms with E-state index < -0.39 is 0 Å². The van der Waals surface area contributed by atoms with Crippen molar-refractivity contribution >= 4 is 17.5 Å². The van der Waals surface area contributed by atoms with E-state index >= 15 is 0 Å². The third kappa shape index (κ3) is 3.44. The molecule has 2 aliphatic heterocycles. The van der Waals surface area contributed by atoms with E-state index in [0.29, 0.717) is 30.5 Å². The summed E-state index contributed by atoms with van der Waals surface area (Å²) in [5.74, 6) is 1.46. The Labute approximate surface area is 173 Å². The second-order valence-electron chi connectivity index (χ2n) is 7.23. The first kappa shape index (κ1) is 18.1. The molecule has 5 rings (SSSR count). The summed E-state index contributed by atoms with van der Waals surface area (Å²) in [5.41, 5.74) is 3.19. The highest BCUT2D eigenvalue weighted by atomic mass is 35.5. The highest BCUT2D eigenvalue weighted by Crippen LogP contribution is 2.38. The number of ether oxygens (including phenoxy) is 2. The molecule has 0 spiro atoms. The fourth-order valence-electron chi connectivity index (χ4n) is 3.98. The van der Waals surface area contributed by atoms with E-state index in [4.69, 9.17) is 21.1 Å². The third-order valence-corrected chi connectivity index (χ3v) is 5.66. The van der Waals surface area contributed by atoms with Gasteiger partial charge < -0.3 is 14.4 Å². The van der Waals surface area contributed by atoms with Crippen LogP contribution in [0.4, 0.5) is 0 Å². The Hall–Kier alpha value is -2.99. The van der Waals surface area contributed by atoms with Crippen LogP contribution in [0.15, 0.2) is 48.5 Å². The molecule has 0 unspecified atom stereocenters. The first-order valence-corrected chi connectivity index (χ1v) is 10.1. The van der Waals surface area contributed by atoms with E-state index in [2.05, 4.69) is 10.2 Å². The summed E-state index contributed by atoms with van der Waals surface area (Å²) in [5, 5.41) is 7.88. The number of aromatic nitrogens is 2. The summed E-state index contributed by atoms with van der Waals surface area (Å²) in [6.07, 6.45) is 1.88. The molecule has 3 heterocycles. The Morgan fingerprint density at radius 1 is 1.07 bits per heavy atom. The molecule has 29 heavy (non-hydrogen) atoms. The number of carbonyl (C=O) groups is 1. The number of halogens is 1. The van der Waals surface area contributed by atoms with Crippen molar-refractivity contribution in [3.05, 3.63) is 64.8 Å². The van der Waals surface area contributed by atoms with Crippen molar-refractivity contribution in [2.75, 3.05) is 19.8 Å². The number of benzene rings is 2. The number of fused-ring (bicyclic) bond motifs is 1. The average molecular weight is 410 g/mol. The van der Waals surface area contributed by atoms with Crippen molar-refractivity contribution in [1.82, 2.24) is 15.1 Å². The van der Waals surface area contributed by atoms with Gasteiger partial charge in [0.2, 0.25) is 0 Å². The summed E-state index contributed by atoms with van der Waals surface area (Å²) < 4.78 is 11.3. The van der Waals surface area contributed by atoms with Crippen LogP contribution in [0, 0.1) is 0 Å². The third-order valence-electron chi connectivity index (χ3n) is 5.41. The predicted molar refractivity (Wildman–Crippen MR) is 109 cm³/mol. The lowest BCUT2D eigenvalue weighted by Gasteiger charge is -2.26. The number of hydrogen-bond acceptors (Lipinski definition) is 4. The number of carbonyl (C=O) groups excluding carboxylic acids is 1. The van der Waals surface area contributed by atoms with Gasteiger partial charge in [-0.25, -0.2) is 0 Å². The largest absolute Gasteiger partial charge is 0.486 e. The van der Waals surface area contributed by atoms with Crippen molar-refractivity contribution in [2.24, 2.45) is 0 Å². The molecular formula is C22H20ClN3O3. The van der Waals surface area contributed by atoms with E-state index in [-0.39, 0.29) is 11.9 Å². The zero-order valence-electron chi connectivity index (χ0n) is 15.7. The molecule has 148 valence electrons. The van der Waals surface area contributed by atoms with Crippen LogP contribution in [0.25, 0.3) is 11.3 Å². The minimum atomic E-state index is -0.0462. The standard InChI is InChI=1S/C22H20ClN3O3/c23-16-6-3-14(4-7-16)17-13-18(25-24-17)22(27)26-9-1-2-19(26)15-5-8-20-21(12-15)29-11-10-28-20/h3-8,12-13,19H,1-2,9-11H2,(H,24,25)/t19-/m1/s1. The fraction of sp³-hybridized carbons (Fsp3) is 0.273. The summed E-state index contributed by atoms with van der Waals surface area (Å²) >= 11 is 5.95. The Morgan fingerprint density at radius 2 is 1.86 bits per heavy atom. The first-order chi connectivity index (χ1) is 14.2. The summed E-state index contributed by atoms with van der Waals surface area (Å²) in [7, 11) is 0. The highest BCUT2D eigenvalue weighted by molar-refractivity contribution is 6.30. The second-order valence-corrected chi connectivity index (χ2v) is 7.67. The zero-order valence-corrected chi connectivity index (χ0v) is 16.5. The van der Waals surface area contributed by atoms with E-state index in [9.17, 15) is 4.79 Å². The van der Waals surface area contributed by atoms with Gasteiger partial charge in [0.1, 0.15) is 18.9 Å². The van der Waals surface area contributed by atoms with Crippen LogP contribution in [0.2, 0.25) is 5.02 Å². The molecule has 0 aliphatic carbocycles. The van der Waals surface area contributed by atoms with E-state index in [1.807, 2.05) is 47.4 Å². The zero-order chi connectivity index (χ0) is 19.8. The number of rotatable bonds is 3. The van der Waals surface area contributed by atoms with E-state index in [1.54, 1.807) is 6.07 Å². The minimum Gasteiger partial charge on any atom is -0.486 e. The molecule has 1 aromatic heterocycles. The van der Waals surface area contributed by atoms with Gasteiger partial charge in [-0.05, 0) is 48.7 Å². The maximum absolute atomic E-state index is 13.2. The summed E-state index contributed by atoms with van der Waals surface area (Å²) in [6.45, 7) is 1.83. The van der Waals surface area contributed by atoms with Gasteiger partial charge in [-0.15, -0.1) is 0 Å². The Kier molecular flexibility index (Phi) is 4.64. The maximum atomic E-state index is 13.2. The Bertz CT molecular complexity index is 1050. The Balaban J connectivity index is 1.39. The lowest BCUT2D eigenvalue weighted by atomic mass is 10.0. The highest BCUT2D eigenvalue weighted by Gasteiger charge is 2.32. The molecule has 0 radical (unpaired) electrons. The molecule has 7 heteroatoms. The van der Waals surface area contributed by atoms with Gasteiger partial charge >= 0.3 is 0 Å². The van der Waals surface area contributed by atoms with Crippen molar-refractivity contribution in [2.45, 2.75) is 18.9 Å². The van der Waals surface area contributed by atoms with E-state index in [0.717, 1.165) is 41.2 Å².